The van der Waals surface area contributed by atoms with Crippen LogP contribution < -0.4 is 5.32 Å². The van der Waals surface area contributed by atoms with Crippen LogP contribution in [0.2, 0.25) is 0 Å². The molecule has 164 valence electrons. The predicted molar refractivity (Wildman–Crippen MR) is 124 cm³/mol. The number of benzene rings is 1. The molecule has 1 aliphatic heterocycles. The second-order valence-electron chi connectivity index (χ2n) is 8.43. The summed E-state index contributed by atoms with van der Waals surface area (Å²) in [5.41, 5.74) is 3.52. The quantitative estimate of drug-likeness (QED) is 0.654. The Bertz CT molecular complexity index is 1070. The molecule has 4 rings (SSSR count). The van der Waals surface area contributed by atoms with Gasteiger partial charge in [-0.25, -0.2) is 0 Å². The minimum absolute atomic E-state index is 0.00862. The second-order valence-corrected chi connectivity index (χ2v) is 8.43. The van der Waals surface area contributed by atoms with E-state index in [-0.39, 0.29) is 11.8 Å². The molecule has 1 aromatic carbocycles. The molecule has 32 heavy (non-hydrogen) atoms. The van der Waals surface area contributed by atoms with Crippen LogP contribution in [-0.2, 0) is 22.4 Å². The number of aromatic nitrogens is 2. The molecule has 1 aliphatic rings. The zero-order valence-corrected chi connectivity index (χ0v) is 18.3. The fourth-order valence-electron chi connectivity index (χ4n) is 4.60. The molecule has 0 aliphatic carbocycles. The van der Waals surface area contributed by atoms with E-state index in [1.54, 1.807) is 31.8 Å². The highest BCUT2D eigenvalue weighted by Crippen LogP contribution is 2.35. The first kappa shape index (κ1) is 21.7. The Morgan fingerprint density at radius 3 is 2.56 bits per heavy atom. The lowest BCUT2D eigenvalue weighted by Gasteiger charge is -2.41. The summed E-state index contributed by atoms with van der Waals surface area (Å²) in [5, 5.41) is 2.86. The lowest BCUT2D eigenvalue weighted by atomic mass is 9.74. The second kappa shape index (κ2) is 9.73. The zero-order chi connectivity index (χ0) is 22.4. The zero-order valence-electron chi connectivity index (χ0n) is 18.3. The monoisotopic (exact) mass is 428 g/mol. The number of pyridine rings is 2. The smallest absolute Gasteiger partial charge is 0.228 e. The van der Waals surface area contributed by atoms with Crippen molar-refractivity contribution in [2.75, 3.05) is 20.1 Å². The summed E-state index contributed by atoms with van der Waals surface area (Å²) in [7, 11) is 1.67. The summed E-state index contributed by atoms with van der Waals surface area (Å²) < 4.78 is 0. The number of carbonyl (C=O) groups excluding carboxylic acids is 2. The molecule has 0 spiro atoms. The van der Waals surface area contributed by atoms with Crippen molar-refractivity contribution in [2.45, 2.75) is 25.7 Å². The molecule has 1 saturated heterocycles. The first-order chi connectivity index (χ1) is 15.6. The number of rotatable bonds is 6. The average Bonchev–Trinajstić information content (AvgIpc) is 2.85. The minimum atomic E-state index is -0.644. The number of piperidine rings is 1. The Morgan fingerprint density at radius 2 is 1.81 bits per heavy atom. The maximum absolute atomic E-state index is 13.1. The Hall–Kier alpha value is -3.54. The molecule has 1 N–H and O–H groups in total. The van der Waals surface area contributed by atoms with Gasteiger partial charge in [-0.15, -0.1) is 0 Å². The number of likely N-dealkylation sites (tertiary alicyclic amines) is 1. The Morgan fingerprint density at radius 1 is 1.00 bits per heavy atom. The van der Waals surface area contributed by atoms with Crippen molar-refractivity contribution in [2.24, 2.45) is 5.41 Å². The normalized spacial score (nSPS) is 18.2. The van der Waals surface area contributed by atoms with E-state index in [0.29, 0.717) is 25.9 Å². The molecule has 6 heteroatoms. The molecule has 6 nitrogen and oxygen atoms in total. The van der Waals surface area contributed by atoms with Crippen LogP contribution in [0, 0.1) is 5.41 Å². The highest BCUT2D eigenvalue weighted by molar-refractivity contribution is 5.85. The van der Waals surface area contributed by atoms with Gasteiger partial charge >= 0.3 is 0 Å². The first-order valence-corrected chi connectivity index (χ1v) is 11.0. The number of hydrogen-bond donors (Lipinski definition) is 1. The van der Waals surface area contributed by atoms with Gasteiger partial charge < -0.3 is 10.2 Å². The fraction of sp³-hybridized carbons (Fsp3) is 0.308. The lowest BCUT2D eigenvalue weighted by molar-refractivity contribution is -0.141. The third-order valence-corrected chi connectivity index (χ3v) is 6.20. The van der Waals surface area contributed by atoms with E-state index < -0.39 is 5.41 Å². The van der Waals surface area contributed by atoms with Gasteiger partial charge in [0.2, 0.25) is 11.8 Å². The van der Waals surface area contributed by atoms with Gasteiger partial charge in [-0.1, -0.05) is 30.3 Å². The van der Waals surface area contributed by atoms with Crippen LogP contribution in [0.25, 0.3) is 11.1 Å². The number of amides is 2. The van der Waals surface area contributed by atoms with Crippen LogP contribution in [0.15, 0.2) is 73.3 Å². The van der Waals surface area contributed by atoms with Gasteiger partial charge in [0.15, 0.2) is 0 Å². The molecule has 0 radical (unpaired) electrons. The Balaban J connectivity index is 1.56. The van der Waals surface area contributed by atoms with E-state index in [2.05, 4.69) is 33.5 Å². The van der Waals surface area contributed by atoms with Crippen molar-refractivity contribution in [3.05, 3.63) is 84.4 Å². The highest BCUT2D eigenvalue weighted by Gasteiger charge is 2.43. The van der Waals surface area contributed by atoms with Crippen molar-refractivity contribution in [1.29, 1.82) is 0 Å². The summed E-state index contributed by atoms with van der Waals surface area (Å²) in [5.74, 6) is 0.0298. The van der Waals surface area contributed by atoms with Crippen molar-refractivity contribution in [3.63, 3.8) is 0 Å². The van der Waals surface area contributed by atoms with Gasteiger partial charge in [0.05, 0.1) is 11.8 Å². The third-order valence-electron chi connectivity index (χ3n) is 6.20. The molecule has 0 bridgehead atoms. The third kappa shape index (κ3) is 4.85. The van der Waals surface area contributed by atoms with Crippen LogP contribution >= 0.6 is 0 Å². The molecule has 2 amide bonds. The Kier molecular flexibility index (Phi) is 6.59. The molecule has 1 fully saturated rings. The number of nitrogens with zero attached hydrogens (tertiary/aromatic N) is 3. The van der Waals surface area contributed by atoms with Gasteiger partial charge in [0.25, 0.3) is 0 Å². The number of carbonyl (C=O) groups is 2. The molecule has 3 heterocycles. The van der Waals surface area contributed by atoms with Gasteiger partial charge in [-0.3, -0.25) is 19.6 Å². The SMILES string of the molecule is CNC(=O)[C@@]1(Cc2cccc(-c3ccncc3)c2)CCCN(C(=O)Cc2cccnc2)C1. The van der Waals surface area contributed by atoms with Crippen LogP contribution in [0.1, 0.15) is 24.0 Å². The standard InChI is InChI=1S/C26H28N4O2/c1-27-25(32)26(17-20-5-2-7-23(15-20)22-8-12-28-13-9-22)10-4-14-30(19-26)24(31)16-21-6-3-11-29-18-21/h2-3,5-9,11-13,15,18H,4,10,14,16-17,19H2,1H3,(H,27,32)/t26-/m1/s1. The van der Waals surface area contributed by atoms with E-state index in [1.165, 1.54) is 0 Å². The van der Waals surface area contributed by atoms with Crippen molar-refractivity contribution in [3.8, 4) is 11.1 Å². The maximum atomic E-state index is 13.1. The summed E-state index contributed by atoms with van der Waals surface area (Å²) >= 11 is 0. The minimum Gasteiger partial charge on any atom is -0.359 e. The molecule has 3 aromatic rings. The molecular formula is C26H28N4O2. The van der Waals surface area contributed by atoms with Gasteiger partial charge in [-0.05, 0) is 59.7 Å². The summed E-state index contributed by atoms with van der Waals surface area (Å²) in [6.45, 7) is 1.10. The van der Waals surface area contributed by atoms with Crippen molar-refractivity contribution in [1.82, 2.24) is 20.2 Å². The van der Waals surface area contributed by atoms with Gasteiger partial charge in [0, 0.05) is 44.9 Å². The topological polar surface area (TPSA) is 75.2 Å². The lowest BCUT2D eigenvalue weighted by Crippen LogP contribution is -2.54. The summed E-state index contributed by atoms with van der Waals surface area (Å²) in [6, 6.07) is 16.0. The predicted octanol–water partition coefficient (Wildman–Crippen LogP) is 3.28. The van der Waals surface area contributed by atoms with E-state index in [1.807, 2.05) is 35.2 Å². The van der Waals surface area contributed by atoms with E-state index in [0.717, 1.165) is 35.1 Å². The summed E-state index contributed by atoms with van der Waals surface area (Å²) in [6.07, 6.45) is 9.42. The number of nitrogens with one attached hydrogen (secondary N) is 1. The van der Waals surface area contributed by atoms with E-state index >= 15 is 0 Å². The van der Waals surface area contributed by atoms with Gasteiger partial charge in [0.1, 0.15) is 0 Å². The summed E-state index contributed by atoms with van der Waals surface area (Å²) in [4.78, 5) is 36.2. The van der Waals surface area contributed by atoms with Crippen LogP contribution in [0.3, 0.4) is 0 Å². The number of hydrogen-bond acceptors (Lipinski definition) is 4. The molecule has 1 atom stereocenters. The molecular weight excluding hydrogens is 400 g/mol. The van der Waals surface area contributed by atoms with Crippen molar-refractivity contribution >= 4 is 11.8 Å². The van der Waals surface area contributed by atoms with Crippen LogP contribution in [0.5, 0.6) is 0 Å². The first-order valence-electron chi connectivity index (χ1n) is 11.0. The van der Waals surface area contributed by atoms with E-state index in [9.17, 15) is 9.59 Å². The molecule has 0 unspecified atom stereocenters. The largest absolute Gasteiger partial charge is 0.359 e. The maximum Gasteiger partial charge on any atom is 0.228 e. The Labute approximate surface area is 188 Å². The highest BCUT2D eigenvalue weighted by atomic mass is 16.2. The average molecular weight is 429 g/mol. The fourth-order valence-corrected chi connectivity index (χ4v) is 4.60. The van der Waals surface area contributed by atoms with Crippen LogP contribution in [0.4, 0.5) is 0 Å². The molecule has 0 saturated carbocycles. The van der Waals surface area contributed by atoms with Gasteiger partial charge in [-0.2, -0.15) is 0 Å². The van der Waals surface area contributed by atoms with Crippen LogP contribution in [-0.4, -0.2) is 46.8 Å². The molecule has 2 aromatic heterocycles. The van der Waals surface area contributed by atoms with E-state index in [4.69, 9.17) is 0 Å². The van der Waals surface area contributed by atoms with Crippen molar-refractivity contribution < 1.29 is 9.59 Å².